The van der Waals surface area contributed by atoms with E-state index in [-0.39, 0.29) is 92.4 Å². The summed E-state index contributed by atoms with van der Waals surface area (Å²) in [6, 6.07) is 27.6. The van der Waals surface area contributed by atoms with Crippen LogP contribution in [0.5, 0.6) is 0 Å². The Bertz CT molecular complexity index is 3620. The third-order valence-electron chi connectivity index (χ3n) is 9.76. The van der Waals surface area contributed by atoms with Gasteiger partial charge in [-0.05, 0) is 84.9 Å². The summed E-state index contributed by atoms with van der Waals surface area (Å²) < 4.78 is 67.7. The van der Waals surface area contributed by atoms with E-state index in [9.17, 15) is 45.1 Å². The molecule has 14 nitrogen and oxygen atoms in total. The number of aromatic amines is 4. The van der Waals surface area contributed by atoms with E-state index in [4.69, 9.17) is 0 Å². The standard InChI is InChI=1S/2C20H12N2O5S.Ba/c2*23-19-11-3-1-2-4-15(11)21-17-8-14-18(9-13(17)19)22-16-7-10(28(25,26)27)5-6-12(16)20(14)24;/h2*1-9H,(H,21,23)(H,22,24)(H,25,26,27);/q;;+2/p-2. The largest absolute Gasteiger partial charge is 2.00 e. The van der Waals surface area contributed by atoms with E-state index in [0.29, 0.717) is 65.4 Å². The number of nitrogens with one attached hydrogen (secondary N) is 4. The number of hydrogen-bond donors (Lipinski definition) is 4. The van der Waals surface area contributed by atoms with E-state index in [2.05, 4.69) is 19.9 Å². The molecular weight excluding hydrogens is 898 g/mol. The molecule has 0 saturated carbocycles. The summed E-state index contributed by atoms with van der Waals surface area (Å²) in [5, 5.41) is 3.05. The summed E-state index contributed by atoms with van der Waals surface area (Å²) in [5.74, 6) is 0. The van der Waals surface area contributed by atoms with E-state index >= 15 is 0 Å². The van der Waals surface area contributed by atoms with Gasteiger partial charge < -0.3 is 29.0 Å². The molecule has 57 heavy (non-hydrogen) atoms. The van der Waals surface area contributed by atoms with E-state index in [1.54, 1.807) is 60.7 Å². The molecule has 0 aliphatic carbocycles. The van der Waals surface area contributed by atoms with Gasteiger partial charge in [-0.1, -0.05) is 24.3 Å². The molecule has 4 N–H and O–H groups in total. The van der Waals surface area contributed by atoms with Crippen molar-refractivity contribution in [1.82, 2.24) is 19.9 Å². The normalized spacial score (nSPS) is 12.1. The first kappa shape index (κ1) is 38.5. The SMILES string of the molecule is O=c1c2ccccc2[nH]c2cc3c(=O)c4ccc(S(=O)(=O)[O-])cc4[nH]c3cc12.O=c1c2ccccc2[nH]c2cc3c(=O)c4ccc(S(=O)(=O)[O-])cc4[nH]c3cc12.[Ba+2]. The first-order valence-corrected chi connectivity index (χ1v) is 19.5. The Morgan fingerprint density at radius 2 is 0.596 bits per heavy atom. The number of fused-ring (bicyclic) bond motifs is 8. The summed E-state index contributed by atoms with van der Waals surface area (Å²) >= 11 is 0. The predicted molar refractivity (Wildman–Crippen MR) is 217 cm³/mol. The number of para-hydroxylation sites is 2. The predicted octanol–water partition coefficient (Wildman–Crippen LogP) is 4.78. The van der Waals surface area contributed by atoms with Crippen molar-refractivity contribution in [2.45, 2.75) is 9.79 Å². The van der Waals surface area contributed by atoms with Gasteiger partial charge in [0.2, 0.25) is 0 Å². The van der Waals surface area contributed by atoms with Crippen molar-refractivity contribution in [1.29, 1.82) is 0 Å². The van der Waals surface area contributed by atoms with Crippen molar-refractivity contribution in [3.8, 4) is 0 Å². The number of aromatic nitrogens is 4. The minimum absolute atomic E-state index is 0. The molecule has 4 aromatic heterocycles. The van der Waals surface area contributed by atoms with Crippen LogP contribution in [-0.2, 0) is 20.2 Å². The monoisotopic (exact) mass is 920 g/mol. The van der Waals surface area contributed by atoms with Gasteiger partial charge in [0.25, 0.3) is 0 Å². The van der Waals surface area contributed by atoms with E-state index in [1.165, 1.54) is 12.1 Å². The Morgan fingerprint density at radius 1 is 0.333 bits per heavy atom. The van der Waals surface area contributed by atoms with Crippen LogP contribution in [0.25, 0.3) is 87.2 Å². The second-order valence-electron chi connectivity index (χ2n) is 13.1. The van der Waals surface area contributed by atoms with Gasteiger partial charge in [-0.3, -0.25) is 19.2 Å². The van der Waals surface area contributed by atoms with Crippen molar-refractivity contribution in [3.63, 3.8) is 0 Å². The fourth-order valence-corrected chi connectivity index (χ4v) is 8.06. The zero-order valence-electron chi connectivity index (χ0n) is 29.0. The molecule has 0 atom stereocenters. The maximum atomic E-state index is 12.9. The number of hydrogen-bond acceptors (Lipinski definition) is 10. The molecule has 0 unspecified atom stereocenters. The molecule has 0 spiro atoms. The molecule has 0 aliphatic rings. The van der Waals surface area contributed by atoms with Crippen molar-refractivity contribution in [2.24, 2.45) is 0 Å². The van der Waals surface area contributed by atoms with Gasteiger partial charge in [0, 0.05) is 54.1 Å². The van der Waals surface area contributed by atoms with Crippen LogP contribution in [0.2, 0.25) is 0 Å². The summed E-state index contributed by atoms with van der Waals surface area (Å²) in [6.45, 7) is 0. The Labute approximate surface area is 358 Å². The zero-order valence-corrected chi connectivity index (χ0v) is 35.1. The Kier molecular flexibility index (Phi) is 9.38. The molecule has 0 amide bonds. The van der Waals surface area contributed by atoms with Crippen molar-refractivity contribution in [3.05, 3.63) is 150 Å². The third kappa shape index (κ3) is 6.59. The fourth-order valence-electron chi connectivity index (χ4n) is 7.07. The van der Waals surface area contributed by atoms with Gasteiger partial charge in [-0.2, -0.15) is 0 Å². The maximum absolute atomic E-state index is 12.9. The first-order chi connectivity index (χ1) is 26.7. The summed E-state index contributed by atoms with van der Waals surface area (Å²) in [6.07, 6.45) is 0. The second kappa shape index (κ2) is 13.9. The Hall–Kier alpha value is -5.41. The van der Waals surface area contributed by atoms with Crippen LogP contribution in [0.3, 0.4) is 0 Å². The van der Waals surface area contributed by atoms with Crippen LogP contribution in [-0.4, -0.2) is 94.8 Å². The van der Waals surface area contributed by atoms with Gasteiger partial charge in [-0.15, -0.1) is 0 Å². The smallest absolute Gasteiger partial charge is 0.744 e. The minimum atomic E-state index is -4.65. The molecule has 276 valence electrons. The number of benzene rings is 6. The Morgan fingerprint density at radius 3 is 0.912 bits per heavy atom. The van der Waals surface area contributed by atoms with E-state index < -0.39 is 30.0 Å². The van der Waals surface area contributed by atoms with E-state index in [1.807, 2.05) is 12.1 Å². The van der Waals surface area contributed by atoms with Gasteiger partial charge in [-0.25, -0.2) is 16.8 Å². The van der Waals surface area contributed by atoms with E-state index in [0.717, 1.165) is 24.3 Å². The summed E-state index contributed by atoms with van der Waals surface area (Å²) in [4.78, 5) is 62.9. The van der Waals surface area contributed by atoms with Crippen molar-refractivity contribution < 1.29 is 25.9 Å². The molecular formula is C40H22BaN4O10S2. The second-order valence-corrected chi connectivity index (χ2v) is 15.9. The van der Waals surface area contributed by atoms with Gasteiger partial charge in [0.1, 0.15) is 20.2 Å². The molecule has 0 saturated heterocycles. The molecule has 0 aliphatic heterocycles. The molecule has 17 heteroatoms. The maximum Gasteiger partial charge on any atom is 2.00 e. The quantitative estimate of drug-likeness (QED) is 0.105. The van der Waals surface area contributed by atoms with Crippen LogP contribution in [0.1, 0.15) is 0 Å². The van der Waals surface area contributed by atoms with Crippen LogP contribution in [0.4, 0.5) is 0 Å². The molecule has 0 fully saturated rings. The Balaban J connectivity index is 0.000000157. The topological polar surface area (TPSA) is 246 Å². The van der Waals surface area contributed by atoms with Gasteiger partial charge in [0.15, 0.2) is 21.7 Å². The minimum Gasteiger partial charge on any atom is -0.744 e. The third-order valence-corrected chi connectivity index (χ3v) is 11.4. The average molecular weight is 920 g/mol. The number of rotatable bonds is 2. The van der Waals surface area contributed by atoms with Crippen LogP contribution in [0.15, 0.2) is 138 Å². The number of pyridine rings is 4. The fraction of sp³-hybridized carbons (Fsp3) is 0. The molecule has 6 aromatic carbocycles. The van der Waals surface area contributed by atoms with Gasteiger partial charge in [0.05, 0.1) is 42.9 Å². The van der Waals surface area contributed by atoms with Crippen molar-refractivity contribution >= 4 is 156 Å². The number of H-pyrrole nitrogens is 4. The van der Waals surface area contributed by atoms with Crippen LogP contribution >= 0.6 is 0 Å². The molecule has 4 heterocycles. The summed E-state index contributed by atoms with van der Waals surface area (Å²) in [7, 11) is -9.31. The summed E-state index contributed by atoms with van der Waals surface area (Å²) in [5.41, 5.74) is 2.58. The van der Waals surface area contributed by atoms with Crippen LogP contribution < -0.4 is 21.7 Å². The first-order valence-electron chi connectivity index (χ1n) is 16.7. The molecule has 0 radical (unpaired) electrons. The molecule has 0 bridgehead atoms. The zero-order chi connectivity index (χ0) is 39.3. The average Bonchev–Trinajstić information content (AvgIpc) is 3.17. The molecule has 10 aromatic rings. The van der Waals surface area contributed by atoms with Crippen LogP contribution in [0, 0.1) is 0 Å². The van der Waals surface area contributed by atoms with Gasteiger partial charge >= 0.3 is 48.9 Å². The van der Waals surface area contributed by atoms with Crippen molar-refractivity contribution in [2.75, 3.05) is 0 Å². The molecule has 10 rings (SSSR count).